The van der Waals surface area contributed by atoms with Crippen LogP contribution in [0.15, 0.2) is 53.3 Å². The van der Waals surface area contributed by atoms with Gasteiger partial charge in [0.1, 0.15) is 6.54 Å². The molecule has 1 aliphatic rings. The van der Waals surface area contributed by atoms with E-state index >= 15 is 0 Å². The molecule has 0 aliphatic heterocycles. The summed E-state index contributed by atoms with van der Waals surface area (Å²) >= 11 is 0. The van der Waals surface area contributed by atoms with Crippen molar-refractivity contribution in [2.75, 3.05) is 0 Å². The third-order valence-electron chi connectivity index (χ3n) is 5.07. The molecule has 2 aromatic carbocycles. The van der Waals surface area contributed by atoms with Gasteiger partial charge < -0.3 is 10.4 Å². The minimum absolute atomic E-state index is 0.118. The Balaban J connectivity index is 1.62. The molecule has 0 fully saturated rings. The van der Waals surface area contributed by atoms with Crippen molar-refractivity contribution in [3.8, 4) is 0 Å². The lowest BCUT2D eigenvalue weighted by Crippen LogP contribution is -2.37. The van der Waals surface area contributed by atoms with Gasteiger partial charge in [0.05, 0.1) is 11.4 Å². The van der Waals surface area contributed by atoms with Gasteiger partial charge in [-0.05, 0) is 36.5 Å². The Kier molecular flexibility index (Phi) is 4.65. The van der Waals surface area contributed by atoms with Gasteiger partial charge in [0, 0.05) is 5.39 Å². The van der Waals surface area contributed by atoms with Gasteiger partial charge in [-0.2, -0.15) is 5.10 Å². The van der Waals surface area contributed by atoms with E-state index in [2.05, 4.69) is 16.5 Å². The predicted molar refractivity (Wildman–Crippen MR) is 103 cm³/mol. The van der Waals surface area contributed by atoms with E-state index in [0.717, 1.165) is 29.5 Å². The fraction of sp³-hybridized carbons (Fsp3) is 0.238. The van der Waals surface area contributed by atoms with Crippen LogP contribution in [0.4, 0.5) is 0 Å². The SMILES string of the molecule is O=C(Cn1nc(C(=O)O)c2ccccc2c1=O)N[C@H]1CCCc2ccccc21. The van der Waals surface area contributed by atoms with Gasteiger partial charge in [-0.25, -0.2) is 9.48 Å². The summed E-state index contributed by atoms with van der Waals surface area (Å²) < 4.78 is 0.926. The number of carbonyl (C=O) groups is 2. The molecule has 0 bridgehead atoms. The number of amides is 1. The Morgan fingerprint density at radius 2 is 1.82 bits per heavy atom. The van der Waals surface area contributed by atoms with Crippen LogP contribution in [-0.2, 0) is 17.8 Å². The molecule has 3 aromatic rings. The molecular formula is C21H19N3O4. The second kappa shape index (κ2) is 7.26. The molecule has 1 heterocycles. The number of benzene rings is 2. The third-order valence-corrected chi connectivity index (χ3v) is 5.07. The third kappa shape index (κ3) is 3.26. The number of carbonyl (C=O) groups excluding carboxylic acids is 1. The number of nitrogens with one attached hydrogen (secondary N) is 1. The highest BCUT2D eigenvalue weighted by atomic mass is 16.4. The fourth-order valence-electron chi connectivity index (χ4n) is 3.78. The van der Waals surface area contributed by atoms with Crippen LogP contribution in [0.1, 0.15) is 40.5 Å². The highest BCUT2D eigenvalue weighted by Crippen LogP contribution is 2.29. The summed E-state index contributed by atoms with van der Waals surface area (Å²) in [7, 11) is 0. The van der Waals surface area contributed by atoms with E-state index < -0.39 is 11.5 Å². The van der Waals surface area contributed by atoms with E-state index in [1.54, 1.807) is 12.1 Å². The van der Waals surface area contributed by atoms with Gasteiger partial charge in [0.2, 0.25) is 5.91 Å². The minimum atomic E-state index is -1.24. The normalized spacial score (nSPS) is 15.8. The number of hydrogen-bond acceptors (Lipinski definition) is 4. The Labute approximate surface area is 160 Å². The van der Waals surface area contributed by atoms with Crippen molar-refractivity contribution in [1.29, 1.82) is 0 Å². The summed E-state index contributed by atoms with van der Waals surface area (Å²) in [5.41, 5.74) is 1.58. The maximum Gasteiger partial charge on any atom is 0.357 e. The van der Waals surface area contributed by atoms with E-state index in [-0.39, 0.29) is 35.0 Å². The number of aryl methyl sites for hydroxylation is 1. The standard InChI is InChI=1S/C21H19N3O4/c25-18(22-17-11-5-7-13-6-1-2-8-14(13)17)12-24-20(26)16-10-4-3-9-15(16)19(23-24)21(27)28/h1-4,6,8-10,17H,5,7,11-12H2,(H,22,25)(H,27,28)/t17-/m0/s1. The molecule has 7 nitrogen and oxygen atoms in total. The molecule has 1 aromatic heterocycles. The molecule has 28 heavy (non-hydrogen) atoms. The van der Waals surface area contributed by atoms with Crippen LogP contribution in [-0.4, -0.2) is 26.8 Å². The van der Waals surface area contributed by atoms with E-state index in [0.29, 0.717) is 0 Å². The highest BCUT2D eigenvalue weighted by Gasteiger charge is 2.22. The van der Waals surface area contributed by atoms with Crippen molar-refractivity contribution in [1.82, 2.24) is 15.1 Å². The monoisotopic (exact) mass is 377 g/mol. The van der Waals surface area contributed by atoms with Crippen LogP contribution in [0, 0.1) is 0 Å². The lowest BCUT2D eigenvalue weighted by Gasteiger charge is -2.26. The second-order valence-electron chi connectivity index (χ2n) is 6.87. The lowest BCUT2D eigenvalue weighted by molar-refractivity contribution is -0.122. The number of carboxylic acid groups (broad SMARTS) is 1. The number of nitrogens with zero attached hydrogens (tertiary/aromatic N) is 2. The molecule has 4 rings (SSSR count). The molecular weight excluding hydrogens is 358 g/mol. The smallest absolute Gasteiger partial charge is 0.357 e. The van der Waals surface area contributed by atoms with E-state index in [1.165, 1.54) is 17.7 Å². The largest absolute Gasteiger partial charge is 0.476 e. The fourth-order valence-corrected chi connectivity index (χ4v) is 3.78. The van der Waals surface area contributed by atoms with Crippen LogP contribution in [0.2, 0.25) is 0 Å². The summed E-state index contributed by atoms with van der Waals surface area (Å²) in [6.07, 6.45) is 2.78. The zero-order valence-corrected chi connectivity index (χ0v) is 15.1. The predicted octanol–water partition coefficient (Wildman–Crippen LogP) is 2.29. The van der Waals surface area contributed by atoms with Gasteiger partial charge in [0.15, 0.2) is 5.69 Å². The molecule has 0 radical (unpaired) electrons. The topological polar surface area (TPSA) is 101 Å². The molecule has 1 atom stereocenters. The van der Waals surface area contributed by atoms with Gasteiger partial charge in [0.25, 0.3) is 5.56 Å². The van der Waals surface area contributed by atoms with Crippen molar-refractivity contribution in [2.24, 2.45) is 0 Å². The Morgan fingerprint density at radius 1 is 1.11 bits per heavy atom. The van der Waals surface area contributed by atoms with Crippen LogP contribution in [0.25, 0.3) is 10.8 Å². The van der Waals surface area contributed by atoms with Gasteiger partial charge >= 0.3 is 5.97 Å². The maximum absolute atomic E-state index is 12.7. The minimum Gasteiger partial charge on any atom is -0.476 e. The van der Waals surface area contributed by atoms with E-state index in [9.17, 15) is 19.5 Å². The zero-order chi connectivity index (χ0) is 19.7. The van der Waals surface area contributed by atoms with E-state index in [1.807, 2.05) is 18.2 Å². The number of aromatic nitrogens is 2. The number of rotatable bonds is 4. The van der Waals surface area contributed by atoms with Crippen LogP contribution in [0.5, 0.6) is 0 Å². The van der Waals surface area contributed by atoms with Crippen molar-refractivity contribution in [3.05, 3.63) is 75.7 Å². The lowest BCUT2D eigenvalue weighted by atomic mass is 9.88. The summed E-state index contributed by atoms with van der Waals surface area (Å²) in [6.45, 7) is -0.331. The molecule has 1 amide bonds. The average Bonchev–Trinajstić information content (AvgIpc) is 2.70. The van der Waals surface area contributed by atoms with Crippen LogP contribution < -0.4 is 10.9 Å². The molecule has 1 aliphatic carbocycles. The number of hydrogen-bond donors (Lipinski definition) is 2. The van der Waals surface area contributed by atoms with Crippen molar-refractivity contribution in [2.45, 2.75) is 31.8 Å². The van der Waals surface area contributed by atoms with Crippen molar-refractivity contribution < 1.29 is 14.7 Å². The summed E-state index contributed by atoms with van der Waals surface area (Å²) in [4.78, 5) is 36.8. The number of aromatic carboxylic acids is 1. The number of fused-ring (bicyclic) bond motifs is 2. The maximum atomic E-state index is 12.7. The molecule has 142 valence electrons. The molecule has 0 saturated heterocycles. The molecule has 0 spiro atoms. The first kappa shape index (κ1) is 17.9. The molecule has 0 saturated carbocycles. The van der Waals surface area contributed by atoms with Crippen LogP contribution >= 0.6 is 0 Å². The van der Waals surface area contributed by atoms with Gasteiger partial charge in [-0.3, -0.25) is 9.59 Å². The summed E-state index contributed by atoms with van der Waals surface area (Å²) in [5.74, 6) is -1.62. The van der Waals surface area contributed by atoms with Gasteiger partial charge in [-0.15, -0.1) is 0 Å². The first-order valence-corrected chi connectivity index (χ1v) is 9.15. The average molecular weight is 377 g/mol. The zero-order valence-electron chi connectivity index (χ0n) is 15.1. The summed E-state index contributed by atoms with van der Waals surface area (Å²) in [6, 6.07) is 14.2. The van der Waals surface area contributed by atoms with Gasteiger partial charge in [-0.1, -0.05) is 42.5 Å². The summed E-state index contributed by atoms with van der Waals surface area (Å²) in [5, 5.41) is 16.8. The van der Waals surface area contributed by atoms with Crippen molar-refractivity contribution >= 4 is 22.6 Å². The molecule has 7 heteroatoms. The molecule has 0 unspecified atom stereocenters. The van der Waals surface area contributed by atoms with Crippen LogP contribution in [0.3, 0.4) is 0 Å². The Hall–Kier alpha value is -3.48. The second-order valence-corrected chi connectivity index (χ2v) is 6.87. The first-order valence-electron chi connectivity index (χ1n) is 9.15. The molecule has 2 N–H and O–H groups in total. The Bertz CT molecular complexity index is 1140. The first-order chi connectivity index (χ1) is 13.5. The number of carboxylic acids is 1. The van der Waals surface area contributed by atoms with Crippen molar-refractivity contribution in [3.63, 3.8) is 0 Å². The quantitative estimate of drug-likeness (QED) is 0.726. The Morgan fingerprint density at radius 3 is 2.61 bits per heavy atom. The van der Waals surface area contributed by atoms with E-state index in [4.69, 9.17) is 0 Å². The highest BCUT2D eigenvalue weighted by molar-refractivity contribution is 6.01.